The summed E-state index contributed by atoms with van der Waals surface area (Å²) in [6.45, 7) is 0. The Kier molecular flexibility index (Phi) is 191. The topological polar surface area (TPSA) is 0 Å². The molecule has 0 N–H and O–H groups in total. The number of hydrogen-bond donors (Lipinski definition) is 0. The second kappa shape index (κ2) is 20.1. The van der Waals surface area contributed by atoms with E-state index >= 15 is 0 Å². The zero-order chi connectivity index (χ0) is 0. The molecule has 0 spiro atoms. The summed E-state index contributed by atoms with van der Waals surface area (Å²) >= 11 is 0. The first-order valence-corrected chi connectivity index (χ1v) is 0. The average Bonchev–Trinajstić information content (AvgIpc) is 0. The first kappa shape index (κ1) is 37.9. The quantitative estimate of drug-likeness (QED) is 0.386. The molecule has 0 rings (SSSR count). The first-order chi connectivity index (χ1) is 0. The molecule has 0 aromatic rings. The predicted molar refractivity (Wildman–Crippen MR) is 11.1 cm³/mol. The van der Waals surface area contributed by atoms with Crippen molar-refractivity contribution in [3.05, 3.63) is 0 Å². The van der Waals surface area contributed by atoms with Gasteiger partial charge in [-0.2, -0.15) is 9.90 Å². The monoisotopic (exact) mass is 204 g/mol. The SMILES string of the molecule is P.[Co].[Fe].[Mn]. The van der Waals surface area contributed by atoms with Crippen molar-refractivity contribution in [2.75, 3.05) is 0 Å². The molecule has 1 unspecified atom stereocenters. The Morgan fingerprint density at radius 2 is 1.00 bits per heavy atom. The zero-order valence-electron chi connectivity index (χ0n) is 1.77. The molecule has 0 aliphatic heterocycles. The molecule has 0 nitrogen and oxygen atoms in total. The minimum Gasteiger partial charge on any atom is -0.153 e. The van der Waals surface area contributed by atoms with Crippen molar-refractivity contribution in [1.29, 1.82) is 0 Å². The second-order valence-electron chi connectivity index (χ2n) is 0. The minimum absolute atomic E-state index is 0. The Labute approximate surface area is 60.6 Å². The van der Waals surface area contributed by atoms with Crippen LogP contribution in [-0.4, -0.2) is 0 Å². The van der Waals surface area contributed by atoms with Gasteiger partial charge in [-0.15, -0.1) is 0 Å². The molecule has 0 heterocycles. The fourth-order valence-electron chi connectivity index (χ4n) is 0. The van der Waals surface area contributed by atoms with Crippen LogP contribution in [0.1, 0.15) is 0 Å². The molecule has 0 amide bonds. The van der Waals surface area contributed by atoms with Crippen molar-refractivity contribution in [2.45, 2.75) is 0 Å². The van der Waals surface area contributed by atoms with Crippen molar-refractivity contribution in [1.82, 2.24) is 0 Å². The van der Waals surface area contributed by atoms with E-state index in [1.807, 2.05) is 0 Å². The average molecular weight is 204 g/mol. The molecular formula is H3CoFeMnP. The van der Waals surface area contributed by atoms with E-state index in [1.54, 1.807) is 0 Å². The molecule has 4 heteroatoms. The summed E-state index contributed by atoms with van der Waals surface area (Å²) in [5, 5.41) is 0. The third-order valence-corrected chi connectivity index (χ3v) is 0. The molecule has 2 radical (unpaired) electrons. The van der Waals surface area contributed by atoms with E-state index < -0.39 is 0 Å². The molecule has 0 fully saturated rings. The summed E-state index contributed by atoms with van der Waals surface area (Å²) in [6, 6.07) is 0. The smallest absolute Gasteiger partial charge is 0 e. The van der Waals surface area contributed by atoms with Gasteiger partial charge in [-0.25, -0.2) is 0 Å². The molecule has 0 bridgehead atoms. The van der Waals surface area contributed by atoms with Crippen LogP contribution < -0.4 is 0 Å². The Balaban J connectivity index is 0. The van der Waals surface area contributed by atoms with Gasteiger partial charge in [0.05, 0.1) is 0 Å². The third kappa shape index (κ3) is 9.02. The Morgan fingerprint density at radius 1 is 1.00 bits per heavy atom. The van der Waals surface area contributed by atoms with Crippen molar-refractivity contribution in [3.63, 3.8) is 0 Å². The maximum Gasteiger partial charge on any atom is 0 e. The molecule has 0 aromatic heterocycles. The summed E-state index contributed by atoms with van der Waals surface area (Å²) in [4.78, 5) is 0. The normalized spacial score (nSPS) is 0. The summed E-state index contributed by atoms with van der Waals surface area (Å²) in [5.41, 5.74) is 0. The van der Waals surface area contributed by atoms with Gasteiger partial charge in [0, 0.05) is 50.9 Å². The molecule has 1 atom stereocenters. The maximum atomic E-state index is 0. The zero-order valence-corrected chi connectivity index (χ0v) is 6.51. The van der Waals surface area contributed by atoms with E-state index in [9.17, 15) is 0 Å². The molecule has 0 aromatic carbocycles. The summed E-state index contributed by atoms with van der Waals surface area (Å²) in [6.07, 6.45) is 0. The molecule has 0 aliphatic carbocycles. The van der Waals surface area contributed by atoms with E-state index in [2.05, 4.69) is 0 Å². The maximum absolute atomic E-state index is 0. The van der Waals surface area contributed by atoms with Crippen LogP contribution in [0.25, 0.3) is 0 Å². The minimum atomic E-state index is 0. The van der Waals surface area contributed by atoms with Gasteiger partial charge in [0.2, 0.25) is 0 Å². The molecular weight excluding hydrogens is 201 g/mol. The van der Waals surface area contributed by atoms with Crippen molar-refractivity contribution >= 4 is 9.90 Å². The first-order valence-electron chi connectivity index (χ1n) is 0. The van der Waals surface area contributed by atoms with Crippen LogP contribution in [0, 0.1) is 0 Å². The van der Waals surface area contributed by atoms with E-state index in [0.29, 0.717) is 0 Å². The van der Waals surface area contributed by atoms with Gasteiger partial charge in [-0.1, -0.05) is 0 Å². The summed E-state index contributed by atoms with van der Waals surface area (Å²) in [7, 11) is 0. The molecule has 0 saturated heterocycles. The van der Waals surface area contributed by atoms with Gasteiger partial charge in [0.15, 0.2) is 0 Å². The summed E-state index contributed by atoms with van der Waals surface area (Å²) < 4.78 is 0. The van der Waals surface area contributed by atoms with E-state index in [1.165, 1.54) is 0 Å². The van der Waals surface area contributed by atoms with Crippen molar-refractivity contribution in [3.8, 4) is 0 Å². The van der Waals surface area contributed by atoms with Crippen LogP contribution in [-0.2, 0) is 50.9 Å². The van der Waals surface area contributed by atoms with Crippen LogP contribution in [0.4, 0.5) is 0 Å². The Bertz CT molecular complexity index is 8.00. The standard InChI is InChI=1S/Co.Fe.Mn.H3P/h;;;1H3. The third-order valence-electron chi connectivity index (χ3n) is 0. The molecule has 0 aliphatic rings. The van der Waals surface area contributed by atoms with E-state index in [0.717, 1.165) is 0 Å². The number of hydrogen-bond acceptors (Lipinski definition) is 0. The predicted octanol–water partition coefficient (Wildman–Crippen LogP) is 0.0506. The van der Waals surface area contributed by atoms with Crippen LogP contribution in [0.5, 0.6) is 0 Å². The van der Waals surface area contributed by atoms with Gasteiger partial charge in [-0.05, 0) is 0 Å². The number of rotatable bonds is 0. The van der Waals surface area contributed by atoms with Gasteiger partial charge in [0.1, 0.15) is 0 Å². The van der Waals surface area contributed by atoms with Gasteiger partial charge >= 0.3 is 0 Å². The Hall–Kier alpha value is 1.98. The van der Waals surface area contributed by atoms with E-state index in [-0.39, 0.29) is 60.8 Å². The van der Waals surface area contributed by atoms with Crippen molar-refractivity contribution in [2.24, 2.45) is 0 Å². The largest absolute Gasteiger partial charge is 0.153 e. The molecule has 0 saturated carbocycles. The van der Waals surface area contributed by atoms with Crippen molar-refractivity contribution < 1.29 is 50.9 Å². The van der Waals surface area contributed by atoms with Gasteiger partial charge in [0.25, 0.3) is 0 Å². The van der Waals surface area contributed by atoms with Gasteiger partial charge < -0.3 is 0 Å². The molecule has 4 heavy (non-hydrogen) atoms. The second-order valence-corrected chi connectivity index (χ2v) is 0. The van der Waals surface area contributed by atoms with E-state index in [4.69, 9.17) is 0 Å². The van der Waals surface area contributed by atoms with Crippen LogP contribution in [0.2, 0.25) is 0 Å². The fourth-order valence-corrected chi connectivity index (χ4v) is 0. The van der Waals surface area contributed by atoms with Crippen LogP contribution in [0.3, 0.4) is 0 Å². The molecule has 32 valence electrons. The van der Waals surface area contributed by atoms with Gasteiger partial charge in [-0.3, -0.25) is 0 Å². The Morgan fingerprint density at radius 3 is 1.00 bits per heavy atom. The van der Waals surface area contributed by atoms with Crippen LogP contribution in [0.15, 0.2) is 0 Å². The fraction of sp³-hybridized carbons (Fsp3) is 0. The van der Waals surface area contributed by atoms with Crippen LogP contribution >= 0.6 is 9.90 Å². The summed E-state index contributed by atoms with van der Waals surface area (Å²) in [5.74, 6) is 0.